The first-order valence-corrected chi connectivity index (χ1v) is 12.0. The number of ether oxygens (including phenoxy) is 2. The van der Waals surface area contributed by atoms with Gasteiger partial charge in [-0.05, 0) is 49.4 Å². The van der Waals surface area contributed by atoms with Gasteiger partial charge in [0, 0.05) is 24.6 Å². The minimum absolute atomic E-state index is 0.0167. The maximum atomic E-state index is 13.1. The van der Waals surface area contributed by atoms with Crippen molar-refractivity contribution in [2.75, 3.05) is 26.3 Å². The van der Waals surface area contributed by atoms with Crippen LogP contribution >= 0.6 is 22.7 Å². The SMILES string of the molecule is Cc1nc(-c2cccs2)sc1C(=O)N1CCC(C(=O)c2ccc3c(c2)OCCO3)CC1. The van der Waals surface area contributed by atoms with Gasteiger partial charge in [-0.3, -0.25) is 9.59 Å². The van der Waals surface area contributed by atoms with E-state index in [9.17, 15) is 9.59 Å². The van der Waals surface area contributed by atoms with Crippen LogP contribution in [0.5, 0.6) is 11.5 Å². The Kier molecular flexibility index (Phi) is 5.50. The summed E-state index contributed by atoms with van der Waals surface area (Å²) >= 11 is 3.08. The summed E-state index contributed by atoms with van der Waals surface area (Å²) in [7, 11) is 0. The molecule has 1 saturated heterocycles. The Morgan fingerprint density at radius 2 is 1.87 bits per heavy atom. The normalized spacial score (nSPS) is 16.4. The number of rotatable bonds is 4. The van der Waals surface area contributed by atoms with Crippen molar-refractivity contribution >= 4 is 34.4 Å². The molecule has 0 saturated carbocycles. The van der Waals surface area contributed by atoms with Crippen molar-refractivity contribution in [1.29, 1.82) is 0 Å². The number of amides is 1. The number of thiophene rings is 1. The zero-order valence-electron chi connectivity index (χ0n) is 17.1. The molecular weight excluding hydrogens is 432 g/mol. The molecule has 0 N–H and O–H groups in total. The number of aromatic nitrogens is 1. The average Bonchev–Trinajstić information content (AvgIpc) is 3.48. The van der Waals surface area contributed by atoms with Gasteiger partial charge in [-0.15, -0.1) is 22.7 Å². The minimum atomic E-state index is -0.0872. The Morgan fingerprint density at radius 3 is 2.61 bits per heavy atom. The lowest BCUT2D eigenvalue weighted by Gasteiger charge is -2.31. The summed E-state index contributed by atoms with van der Waals surface area (Å²) in [6.07, 6.45) is 1.32. The van der Waals surface area contributed by atoms with E-state index in [0.717, 1.165) is 15.6 Å². The number of likely N-dealkylation sites (tertiary alicyclic amines) is 1. The molecule has 0 radical (unpaired) electrons. The van der Waals surface area contributed by atoms with Gasteiger partial charge in [-0.25, -0.2) is 4.98 Å². The number of hydrogen-bond donors (Lipinski definition) is 0. The van der Waals surface area contributed by atoms with Gasteiger partial charge in [-0.1, -0.05) is 6.07 Å². The molecule has 6 nitrogen and oxygen atoms in total. The number of benzene rings is 1. The van der Waals surface area contributed by atoms with Crippen LogP contribution in [-0.2, 0) is 0 Å². The van der Waals surface area contributed by atoms with Crippen molar-refractivity contribution in [2.24, 2.45) is 5.92 Å². The van der Waals surface area contributed by atoms with Gasteiger partial charge in [0.25, 0.3) is 5.91 Å². The number of nitrogens with zero attached hydrogens (tertiary/aromatic N) is 2. The highest BCUT2D eigenvalue weighted by Gasteiger charge is 2.30. The van der Waals surface area contributed by atoms with Crippen molar-refractivity contribution in [2.45, 2.75) is 19.8 Å². The molecule has 4 heterocycles. The largest absolute Gasteiger partial charge is 0.486 e. The van der Waals surface area contributed by atoms with E-state index in [1.807, 2.05) is 29.3 Å². The van der Waals surface area contributed by atoms with Crippen LogP contribution in [-0.4, -0.2) is 47.9 Å². The molecule has 0 unspecified atom stereocenters. The second-order valence-corrected chi connectivity index (χ2v) is 9.65. The first-order valence-electron chi connectivity index (χ1n) is 10.3. The monoisotopic (exact) mass is 454 g/mol. The molecule has 0 spiro atoms. The van der Waals surface area contributed by atoms with Crippen LogP contribution in [0.3, 0.4) is 0 Å². The van der Waals surface area contributed by atoms with E-state index in [0.29, 0.717) is 61.1 Å². The van der Waals surface area contributed by atoms with Gasteiger partial charge in [0.1, 0.15) is 23.1 Å². The van der Waals surface area contributed by atoms with Crippen LogP contribution < -0.4 is 9.47 Å². The molecule has 0 atom stereocenters. The van der Waals surface area contributed by atoms with Gasteiger partial charge in [-0.2, -0.15) is 0 Å². The number of carbonyl (C=O) groups is 2. The molecule has 1 fully saturated rings. The molecule has 31 heavy (non-hydrogen) atoms. The van der Waals surface area contributed by atoms with E-state index >= 15 is 0 Å². The van der Waals surface area contributed by atoms with Crippen LogP contribution in [0, 0.1) is 12.8 Å². The van der Waals surface area contributed by atoms with E-state index in [2.05, 4.69) is 4.98 Å². The Morgan fingerprint density at radius 1 is 1.10 bits per heavy atom. The number of ketones is 1. The zero-order chi connectivity index (χ0) is 21.4. The number of piperidine rings is 1. The number of thiazole rings is 1. The molecule has 8 heteroatoms. The average molecular weight is 455 g/mol. The summed E-state index contributed by atoms with van der Waals surface area (Å²) in [5.74, 6) is 1.36. The summed E-state index contributed by atoms with van der Waals surface area (Å²) in [4.78, 5) is 34.3. The summed E-state index contributed by atoms with van der Waals surface area (Å²) in [5.41, 5.74) is 1.42. The van der Waals surface area contributed by atoms with E-state index in [1.54, 1.807) is 29.5 Å². The summed E-state index contributed by atoms with van der Waals surface area (Å²) < 4.78 is 11.1. The molecule has 2 aliphatic rings. The molecule has 1 amide bonds. The fourth-order valence-corrected chi connectivity index (χ4v) is 5.85. The maximum Gasteiger partial charge on any atom is 0.265 e. The van der Waals surface area contributed by atoms with E-state index in [1.165, 1.54) is 11.3 Å². The molecule has 5 rings (SSSR count). The lowest BCUT2D eigenvalue weighted by Crippen LogP contribution is -2.40. The van der Waals surface area contributed by atoms with E-state index < -0.39 is 0 Å². The summed E-state index contributed by atoms with van der Waals surface area (Å²) in [6, 6.07) is 9.40. The summed E-state index contributed by atoms with van der Waals surface area (Å²) in [5, 5.41) is 2.90. The second-order valence-electron chi connectivity index (χ2n) is 7.70. The molecular formula is C23H22N2O4S2. The third kappa shape index (κ3) is 3.97. The van der Waals surface area contributed by atoms with Gasteiger partial charge in [0.05, 0.1) is 10.6 Å². The highest BCUT2D eigenvalue weighted by atomic mass is 32.1. The first-order chi connectivity index (χ1) is 15.1. The van der Waals surface area contributed by atoms with E-state index in [4.69, 9.17) is 9.47 Å². The number of carbonyl (C=O) groups excluding carboxylic acids is 2. The Labute approximate surface area is 188 Å². The topological polar surface area (TPSA) is 68.7 Å². The van der Waals surface area contributed by atoms with Crippen LogP contribution in [0.25, 0.3) is 9.88 Å². The number of Topliss-reactive ketones (excluding diaryl/α,β-unsaturated/α-hetero) is 1. The predicted octanol–water partition coefficient (Wildman–Crippen LogP) is 4.69. The lowest BCUT2D eigenvalue weighted by atomic mass is 9.88. The number of hydrogen-bond acceptors (Lipinski definition) is 7. The van der Waals surface area contributed by atoms with Crippen LogP contribution in [0.1, 0.15) is 38.6 Å². The third-order valence-corrected chi connectivity index (χ3v) is 7.89. The molecule has 0 bridgehead atoms. The lowest BCUT2D eigenvalue weighted by molar-refractivity contribution is 0.0653. The van der Waals surface area contributed by atoms with Gasteiger partial charge < -0.3 is 14.4 Å². The molecule has 1 aromatic carbocycles. The fraction of sp³-hybridized carbons (Fsp3) is 0.348. The van der Waals surface area contributed by atoms with Crippen molar-refractivity contribution in [3.63, 3.8) is 0 Å². The minimum Gasteiger partial charge on any atom is -0.486 e. The van der Waals surface area contributed by atoms with Crippen molar-refractivity contribution < 1.29 is 19.1 Å². The molecule has 2 aromatic heterocycles. The van der Waals surface area contributed by atoms with Gasteiger partial charge >= 0.3 is 0 Å². The van der Waals surface area contributed by atoms with Crippen molar-refractivity contribution in [1.82, 2.24) is 9.88 Å². The zero-order valence-corrected chi connectivity index (χ0v) is 18.8. The van der Waals surface area contributed by atoms with Crippen LogP contribution in [0.15, 0.2) is 35.7 Å². The Hall–Kier alpha value is -2.71. The van der Waals surface area contributed by atoms with Crippen molar-refractivity contribution in [3.8, 4) is 21.4 Å². The van der Waals surface area contributed by atoms with Gasteiger partial charge in [0.15, 0.2) is 17.3 Å². The van der Waals surface area contributed by atoms with Crippen LogP contribution in [0.2, 0.25) is 0 Å². The fourth-order valence-electron chi connectivity index (χ4n) is 4.02. The van der Waals surface area contributed by atoms with Crippen molar-refractivity contribution in [3.05, 3.63) is 51.8 Å². The maximum absolute atomic E-state index is 13.1. The number of aryl methyl sites for hydroxylation is 1. The standard InChI is InChI=1S/C23H22N2O4S2/c1-14-21(31-22(24-14)19-3-2-12-30-19)23(27)25-8-6-15(7-9-25)20(26)16-4-5-17-18(13-16)29-11-10-28-17/h2-5,12-13,15H,6-11H2,1H3. The predicted molar refractivity (Wildman–Crippen MR) is 121 cm³/mol. The van der Waals surface area contributed by atoms with Crippen LogP contribution in [0.4, 0.5) is 0 Å². The first kappa shape index (κ1) is 20.2. The summed E-state index contributed by atoms with van der Waals surface area (Å²) in [6.45, 7) is 4.06. The number of fused-ring (bicyclic) bond motifs is 1. The molecule has 0 aliphatic carbocycles. The second kappa shape index (κ2) is 8.43. The highest BCUT2D eigenvalue weighted by molar-refractivity contribution is 7.22. The van der Waals surface area contributed by atoms with E-state index in [-0.39, 0.29) is 17.6 Å². The third-order valence-electron chi connectivity index (χ3n) is 5.70. The Balaban J connectivity index is 1.24. The molecule has 160 valence electrons. The Bertz CT molecular complexity index is 1110. The smallest absolute Gasteiger partial charge is 0.265 e. The van der Waals surface area contributed by atoms with Gasteiger partial charge in [0.2, 0.25) is 0 Å². The molecule has 3 aromatic rings. The quantitative estimate of drug-likeness (QED) is 0.535. The highest BCUT2D eigenvalue weighted by Crippen LogP contribution is 2.34. The molecule has 2 aliphatic heterocycles.